The molecule has 22 heavy (non-hydrogen) atoms. The highest BCUT2D eigenvalue weighted by molar-refractivity contribution is 5.23. The number of hydrogen-bond donors (Lipinski definition) is 0. The third-order valence-electron chi connectivity index (χ3n) is 4.79. The second-order valence-corrected chi connectivity index (χ2v) is 6.37. The van der Waals surface area contributed by atoms with Crippen LogP contribution in [-0.2, 0) is 0 Å². The standard InChI is InChI=1S/C19H25F3/c1-2-3-4-5-6-7-14-8-10-15(11-9-14)16-12-17(20)19(22)18(21)13-16/h2-3,12-15H,4-11H2,1H3/b3-2+/t14-,15-. The third kappa shape index (κ3) is 4.62. The maximum atomic E-state index is 13.3. The van der Waals surface area contributed by atoms with E-state index in [1.54, 1.807) is 0 Å². The molecule has 0 radical (unpaired) electrons. The molecule has 0 unspecified atom stereocenters. The van der Waals surface area contributed by atoms with Crippen molar-refractivity contribution in [3.63, 3.8) is 0 Å². The first-order valence-corrected chi connectivity index (χ1v) is 8.37. The normalized spacial score (nSPS) is 22.4. The van der Waals surface area contributed by atoms with Crippen LogP contribution in [0.15, 0.2) is 24.3 Å². The van der Waals surface area contributed by atoms with Crippen molar-refractivity contribution in [1.82, 2.24) is 0 Å². The molecule has 1 aliphatic carbocycles. The van der Waals surface area contributed by atoms with Crippen molar-refractivity contribution in [2.24, 2.45) is 5.92 Å². The molecular weight excluding hydrogens is 285 g/mol. The Morgan fingerprint density at radius 2 is 1.64 bits per heavy atom. The van der Waals surface area contributed by atoms with Gasteiger partial charge >= 0.3 is 0 Å². The summed E-state index contributed by atoms with van der Waals surface area (Å²) < 4.78 is 39.7. The fourth-order valence-electron chi connectivity index (χ4n) is 3.46. The summed E-state index contributed by atoms with van der Waals surface area (Å²) in [6.07, 6.45) is 13.3. The van der Waals surface area contributed by atoms with Crippen molar-refractivity contribution in [3.05, 3.63) is 47.3 Å². The van der Waals surface area contributed by atoms with Crippen LogP contribution in [0.5, 0.6) is 0 Å². The van der Waals surface area contributed by atoms with Gasteiger partial charge in [0.2, 0.25) is 0 Å². The van der Waals surface area contributed by atoms with E-state index < -0.39 is 17.5 Å². The first-order valence-electron chi connectivity index (χ1n) is 8.37. The maximum Gasteiger partial charge on any atom is 0.194 e. The van der Waals surface area contributed by atoms with Crippen LogP contribution in [0.1, 0.15) is 69.8 Å². The molecule has 0 N–H and O–H groups in total. The zero-order chi connectivity index (χ0) is 15.9. The zero-order valence-corrected chi connectivity index (χ0v) is 13.3. The summed E-state index contributed by atoms with van der Waals surface area (Å²) in [5.41, 5.74) is 0.614. The van der Waals surface area contributed by atoms with Gasteiger partial charge in [-0.25, -0.2) is 13.2 Å². The van der Waals surface area contributed by atoms with Crippen molar-refractivity contribution in [2.45, 2.75) is 64.2 Å². The predicted octanol–water partition coefficient (Wildman–Crippen LogP) is 6.51. The monoisotopic (exact) mass is 310 g/mol. The Hall–Kier alpha value is -1.25. The molecule has 0 heterocycles. The molecule has 0 atom stereocenters. The summed E-state index contributed by atoms with van der Waals surface area (Å²) in [6.45, 7) is 2.04. The van der Waals surface area contributed by atoms with Crippen LogP contribution in [-0.4, -0.2) is 0 Å². The van der Waals surface area contributed by atoms with Gasteiger partial charge in [-0.3, -0.25) is 0 Å². The maximum absolute atomic E-state index is 13.3. The summed E-state index contributed by atoms with van der Waals surface area (Å²) in [7, 11) is 0. The van der Waals surface area contributed by atoms with Gasteiger partial charge < -0.3 is 0 Å². The Balaban J connectivity index is 1.79. The van der Waals surface area contributed by atoms with E-state index in [0.717, 1.165) is 38.0 Å². The Morgan fingerprint density at radius 3 is 2.23 bits per heavy atom. The Kier molecular flexibility index (Phi) is 6.53. The second-order valence-electron chi connectivity index (χ2n) is 6.37. The van der Waals surface area contributed by atoms with E-state index in [9.17, 15) is 13.2 Å². The third-order valence-corrected chi connectivity index (χ3v) is 4.79. The lowest BCUT2D eigenvalue weighted by Crippen LogP contribution is -2.14. The molecule has 1 fully saturated rings. The highest BCUT2D eigenvalue weighted by Crippen LogP contribution is 2.38. The number of rotatable bonds is 6. The van der Waals surface area contributed by atoms with Crippen LogP contribution in [0.25, 0.3) is 0 Å². The van der Waals surface area contributed by atoms with Crippen LogP contribution in [0.3, 0.4) is 0 Å². The van der Waals surface area contributed by atoms with Gasteiger partial charge in [-0.15, -0.1) is 0 Å². The molecule has 1 aromatic rings. The topological polar surface area (TPSA) is 0 Å². The van der Waals surface area contributed by atoms with Crippen LogP contribution >= 0.6 is 0 Å². The highest BCUT2D eigenvalue weighted by atomic mass is 19.2. The molecule has 1 aromatic carbocycles. The van der Waals surface area contributed by atoms with E-state index >= 15 is 0 Å². The van der Waals surface area contributed by atoms with Gasteiger partial charge in [0, 0.05) is 0 Å². The lowest BCUT2D eigenvalue weighted by molar-refractivity contribution is 0.302. The van der Waals surface area contributed by atoms with Crippen molar-refractivity contribution < 1.29 is 13.2 Å². The number of halogens is 3. The van der Waals surface area contributed by atoms with E-state index in [1.165, 1.54) is 31.4 Å². The molecule has 122 valence electrons. The molecule has 2 rings (SSSR count). The summed E-state index contributed by atoms with van der Waals surface area (Å²) in [6, 6.07) is 2.33. The van der Waals surface area contributed by atoms with E-state index in [4.69, 9.17) is 0 Å². The first-order chi connectivity index (χ1) is 10.6. The Morgan fingerprint density at radius 1 is 1.00 bits per heavy atom. The molecule has 0 bridgehead atoms. The smallest absolute Gasteiger partial charge is 0.194 e. The molecule has 0 aromatic heterocycles. The largest absolute Gasteiger partial charge is 0.204 e. The molecule has 1 aliphatic rings. The molecule has 1 saturated carbocycles. The average Bonchev–Trinajstić information content (AvgIpc) is 2.52. The van der Waals surface area contributed by atoms with E-state index in [0.29, 0.717) is 5.56 Å². The molecule has 0 spiro atoms. The fraction of sp³-hybridized carbons (Fsp3) is 0.579. The molecule has 3 heteroatoms. The van der Waals surface area contributed by atoms with E-state index in [1.807, 2.05) is 6.92 Å². The molecular formula is C19H25F3. The minimum absolute atomic E-state index is 0.170. The number of hydrogen-bond acceptors (Lipinski definition) is 0. The van der Waals surface area contributed by atoms with Crippen LogP contribution in [0.4, 0.5) is 13.2 Å². The Bertz CT molecular complexity index is 476. The molecule has 0 nitrogen and oxygen atoms in total. The first kappa shape index (κ1) is 17.1. The van der Waals surface area contributed by atoms with Gasteiger partial charge in [0.25, 0.3) is 0 Å². The second kappa shape index (κ2) is 8.40. The number of allylic oxidation sites excluding steroid dienone is 2. The average molecular weight is 310 g/mol. The van der Waals surface area contributed by atoms with Gasteiger partial charge in [-0.1, -0.05) is 25.0 Å². The predicted molar refractivity (Wildman–Crippen MR) is 84.3 cm³/mol. The lowest BCUT2D eigenvalue weighted by Gasteiger charge is -2.29. The summed E-state index contributed by atoms with van der Waals surface area (Å²) in [5.74, 6) is -2.60. The van der Waals surface area contributed by atoms with Gasteiger partial charge in [0.15, 0.2) is 17.5 Å². The SMILES string of the molecule is C/C=C/CCCC[C@H]1CC[C@H](c2cc(F)c(F)c(F)c2)CC1. The van der Waals surface area contributed by atoms with Crippen LogP contribution < -0.4 is 0 Å². The van der Waals surface area contributed by atoms with Gasteiger partial charge in [-0.2, -0.15) is 0 Å². The summed E-state index contributed by atoms with van der Waals surface area (Å²) >= 11 is 0. The van der Waals surface area contributed by atoms with Crippen molar-refractivity contribution >= 4 is 0 Å². The summed E-state index contributed by atoms with van der Waals surface area (Å²) in [5, 5.41) is 0. The minimum Gasteiger partial charge on any atom is -0.204 e. The van der Waals surface area contributed by atoms with E-state index in [2.05, 4.69) is 12.2 Å². The molecule has 0 amide bonds. The van der Waals surface area contributed by atoms with Crippen molar-refractivity contribution in [3.8, 4) is 0 Å². The van der Waals surface area contributed by atoms with Crippen LogP contribution in [0.2, 0.25) is 0 Å². The number of unbranched alkanes of at least 4 members (excludes halogenated alkanes) is 2. The fourth-order valence-corrected chi connectivity index (χ4v) is 3.46. The molecule has 0 aliphatic heterocycles. The zero-order valence-electron chi connectivity index (χ0n) is 13.3. The Labute approximate surface area is 131 Å². The lowest BCUT2D eigenvalue weighted by atomic mass is 9.77. The number of benzene rings is 1. The van der Waals surface area contributed by atoms with Gasteiger partial charge in [0.05, 0.1) is 0 Å². The van der Waals surface area contributed by atoms with Crippen LogP contribution in [0, 0.1) is 23.4 Å². The minimum atomic E-state index is -1.36. The van der Waals surface area contributed by atoms with Gasteiger partial charge in [0.1, 0.15) is 0 Å². The van der Waals surface area contributed by atoms with E-state index in [-0.39, 0.29) is 5.92 Å². The quantitative estimate of drug-likeness (QED) is 0.319. The van der Waals surface area contributed by atoms with Crippen molar-refractivity contribution in [1.29, 1.82) is 0 Å². The highest BCUT2D eigenvalue weighted by Gasteiger charge is 2.24. The summed E-state index contributed by atoms with van der Waals surface area (Å²) in [4.78, 5) is 0. The van der Waals surface area contributed by atoms with Crippen molar-refractivity contribution in [2.75, 3.05) is 0 Å². The molecule has 0 saturated heterocycles. The van der Waals surface area contributed by atoms with Gasteiger partial charge in [-0.05, 0) is 75.0 Å².